The molecule has 0 saturated carbocycles. The summed E-state index contributed by atoms with van der Waals surface area (Å²) in [7, 11) is 0. The van der Waals surface area contributed by atoms with Crippen LogP contribution in [0.5, 0.6) is 5.75 Å². The van der Waals surface area contributed by atoms with Gasteiger partial charge in [0.2, 0.25) is 5.91 Å². The Balaban J connectivity index is 1.48. The van der Waals surface area contributed by atoms with Crippen LogP contribution in [0.3, 0.4) is 0 Å². The lowest BCUT2D eigenvalue weighted by atomic mass is 9.87. The number of hydrogen-bond acceptors (Lipinski definition) is 3. The molecule has 0 unspecified atom stereocenters. The van der Waals surface area contributed by atoms with Gasteiger partial charge >= 0.3 is 0 Å². The van der Waals surface area contributed by atoms with Crippen molar-refractivity contribution in [3.63, 3.8) is 0 Å². The van der Waals surface area contributed by atoms with Crippen LogP contribution >= 0.6 is 0 Å². The molecule has 1 aliphatic rings. The minimum atomic E-state index is -0.234. The highest BCUT2D eigenvalue weighted by Crippen LogP contribution is 2.24. The summed E-state index contributed by atoms with van der Waals surface area (Å²) < 4.78 is 5.85. The number of nitrogens with one attached hydrogen (secondary N) is 1. The summed E-state index contributed by atoms with van der Waals surface area (Å²) in [4.78, 5) is 26.1. The van der Waals surface area contributed by atoms with Gasteiger partial charge in [-0.3, -0.25) is 9.59 Å². The average Bonchev–Trinajstić information content (AvgIpc) is 3.25. The zero-order valence-corrected chi connectivity index (χ0v) is 17.5. The lowest BCUT2D eigenvalue weighted by molar-refractivity contribution is -0.129. The van der Waals surface area contributed by atoms with Crippen LogP contribution in [0.25, 0.3) is 0 Å². The van der Waals surface area contributed by atoms with Gasteiger partial charge in [0.1, 0.15) is 12.4 Å². The summed E-state index contributed by atoms with van der Waals surface area (Å²) in [5.41, 5.74) is 2.91. The Labute approximate surface area is 173 Å². The van der Waals surface area contributed by atoms with E-state index in [-0.39, 0.29) is 23.8 Å². The maximum atomic E-state index is 12.3. The Kier molecular flexibility index (Phi) is 6.57. The summed E-state index contributed by atoms with van der Waals surface area (Å²) in [5, 5.41) is 2.71. The van der Waals surface area contributed by atoms with Crippen molar-refractivity contribution < 1.29 is 14.3 Å². The largest absolute Gasteiger partial charge is 0.489 e. The number of benzene rings is 2. The molecular weight excluding hydrogens is 364 g/mol. The fraction of sp³-hybridized carbons (Fsp3) is 0.417. The molecule has 2 aromatic rings. The van der Waals surface area contributed by atoms with Gasteiger partial charge in [-0.1, -0.05) is 45.0 Å². The predicted octanol–water partition coefficient (Wildman–Crippen LogP) is 3.92. The molecule has 0 spiro atoms. The van der Waals surface area contributed by atoms with Crippen molar-refractivity contribution in [3.05, 3.63) is 65.2 Å². The van der Waals surface area contributed by atoms with Crippen LogP contribution in [0.1, 0.15) is 55.1 Å². The molecule has 5 heteroatoms. The van der Waals surface area contributed by atoms with Crippen molar-refractivity contribution in [3.8, 4) is 5.75 Å². The van der Waals surface area contributed by atoms with Crippen molar-refractivity contribution in [1.82, 2.24) is 10.2 Å². The van der Waals surface area contributed by atoms with Gasteiger partial charge in [0.05, 0.1) is 6.54 Å². The van der Waals surface area contributed by atoms with Crippen LogP contribution in [0.15, 0.2) is 48.5 Å². The third kappa shape index (κ3) is 5.83. The number of rotatable bonds is 6. The van der Waals surface area contributed by atoms with Crippen molar-refractivity contribution in [2.45, 2.75) is 45.6 Å². The number of nitrogens with zero attached hydrogens (tertiary/aromatic N) is 1. The van der Waals surface area contributed by atoms with E-state index >= 15 is 0 Å². The molecule has 29 heavy (non-hydrogen) atoms. The molecule has 3 rings (SSSR count). The van der Waals surface area contributed by atoms with Crippen LogP contribution in [-0.4, -0.2) is 36.3 Å². The number of hydrogen-bond donors (Lipinski definition) is 1. The molecule has 1 heterocycles. The Hall–Kier alpha value is -2.82. The third-order valence-electron chi connectivity index (χ3n) is 5.20. The van der Waals surface area contributed by atoms with Crippen molar-refractivity contribution in [1.29, 1.82) is 0 Å². The fourth-order valence-electron chi connectivity index (χ4n) is 3.31. The SMILES string of the molecule is CC(C)(C)c1ccc(OCc2ccc(C(=O)NCC(=O)N3CCCC3)cc2)cc1. The van der Waals surface area contributed by atoms with E-state index in [1.165, 1.54) is 5.56 Å². The second-order valence-corrected chi connectivity index (χ2v) is 8.53. The van der Waals surface area contributed by atoms with E-state index in [2.05, 4.69) is 38.2 Å². The van der Waals surface area contributed by atoms with E-state index in [9.17, 15) is 9.59 Å². The second kappa shape index (κ2) is 9.12. The molecule has 1 fully saturated rings. The molecule has 0 aromatic heterocycles. The number of carbonyl (C=O) groups excluding carboxylic acids is 2. The fourth-order valence-corrected chi connectivity index (χ4v) is 3.31. The summed E-state index contributed by atoms with van der Waals surface area (Å²) in [6.07, 6.45) is 2.09. The van der Waals surface area contributed by atoms with Crippen molar-refractivity contribution >= 4 is 11.8 Å². The van der Waals surface area contributed by atoms with Gasteiger partial charge < -0.3 is 15.0 Å². The maximum Gasteiger partial charge on any atom is 0.251 e. The first-order valence-electron chi connectivity index (χ1n) is 10.2. The molecule has 0 aliphatic carbocycles. The molecule has 1 aliphatic heterocycles. The van der Waals surface area contributed by atoms with Gasteiger partial charge in [-0.25, -0.2) is 0 Å². The average molecular weight is 395 g/mol. The highest BCUT2D eigenvalue weighted by molar-refractivity contribution is 5.96. The van der Waals surface area contributed by atoms with Crippen LogP contribution in [0.2, 0.25) is 0 Å². The molecule has 2 amide bonds. The van der Waals surface area contributed by atoms with Crippen molar-refractivity contribution in [2.24, 2.45) is 0 Å². The van der Waals surface area contributed by atoms with Gasteiger partial charge in [0, 0.05) is 18.7 Å². The van der Waals surface area contributed by atoms with E-state index in [0.717, 1.165) is 37.2 Å². The topological polar surface area (TPSA) is 58.6 Å². The molecule has 154 valence electrons. The highest BCUT2D eigenvalue weighted by Gasteiger charge is 2.18. The van der Waals surface area contributed by atoms with E-state index in [1.54, 1.807) is 17.0 Å². The minimum absolute atomic E-state index is 0.0154. The van der Waals surface area contributed by atoms with Crippen LogP contribution < -0.4 is 10.1 Å². The normalized spacial score (nSPS) is 14.0. The predicted molar refractivity (Wildman–Crippen MR) is 114 cm³/mol. The summed E-state index contributed by atoms with van der Waals surface area (Å²) in [5.74, 6) is 0.571. The molecular formula is C24H30N2O3. The smallest absolute Gasteiger partial charge is 0.251 e. The van der Waals surface area contributed by atoms with Crippen LogP contribution in [0.4, 0.5) is 0 Å². The number of likely N-dealkylation sites (tertiary alicyclic amines) is 1. The first kappa shape index (κ1) is 20.9. The van der Waals surface area contributed by atoms with E-state index < -0.39 is 0 Å². The van der Waals surface area contributed by atoms with E-state index in [1.807, 2.05) is 24.3 Å². The van der Waals surface area contributed by atoms with E-state index in [4.69, 9.17) is 4.74 Å². The molecule has 5 nitrogen and oxygen atoms in total. The first-order valence-corrected chi connectivity index (χ1v) is 10.2. The minimum Gasteiger partial charge on any atom is -0.489 e. The van der Waals surface area contributed by atoms with Gasteiger partial charge in [0.25, 0.3) is 5.91 Å². The summed E-state index contributed by atoms with van der Waals surface area (Å²) in [6.45, 7) is 8.62. The Morgan fingerprint density at radius 2 is 1.59 bits per heavy atom. The van der Waals surface area contributed by atoms with Crippen LogP contribution in [0, 0.1) is 0 Å². The quantitative estimate of drug-likeness (QED) is 0.808. The zero-order valence-electron chi connectivity index (χ0n) is 17.5. The number of carbonyl (C=O) groups is 2. The highest BCUT2D eigenvalue weighted by atomic mass is 16.5. The Morgan fingerprint density at radius 3 is 2.17 bits per heavy atom. The Bertz CT molecular complexity index is 830. The Morgan fingerprint density at radius 1 is 0.966 bits per heavy atom. The number of amides is 2. The monoisotopic (exact) mass is 394 g/mol. The molecule has 2 aromatic carbocycles. The van der Waals surface area contributed by atoms with Gasteiger partial charge in [0.15, 0.2) is 0 Å². The molecule has 0 bridgehead atoms. The van der Waals surface area contributed by atoms with Crippen molar-refractivity contribution in [2.75, 3.05) is 19.6 Å². The second-order valence-electron chi connectivity index (χ2n) is 8.53. The molecule has 0 atom stereocenters. The number of ether oxygens (including phenoxy) is 1. The lowest BCUT2D eigenvalue weighted by Gasteiger charge is -2.19. The molecule has 0 radical (unpaired) electrons. The standard InChI is InChI=1S/C24H30N2O3/c1-24(2,3)20-10-12-21(13-11-20)29-17-18-6-8-19(9-7-18)23(28)25-16-22(27)26-14-4-5-15-26/h6-13H,4-5,14-17H2,1-3H3,(H,25,28). The molecule has 1 N–H and O–H groups in total. The van der Waals surface area contributed by atoms with Gasteiger partial charge in [-0.15, -0.1) is 0 Å². The maximum absolute atomic E-state index is 12.3. The van der Waals surface area contributed by atoms with Gasteiger partial charge in [-0.2, -0.15) is 0 Å². The lowest BCUT2D eigenvalue weighted by Crippen LogP contribution is -2.38. The zero-order chi connectivity index (χ0) is 20.9. The molecule has 1 saturated heterocycles. The first-order chi connectivity index (χ1) is 13.8. The summed E-state index contributed by atoms with van der Waals surface area (Å²) >= 11 is 0. The third-order valence-corrected chi connectivity index (χ3v) is 5.20. The summed E-state index contributed by atoms with van der Waals surface area (Å²) in [6, 6.07) is 15.4. The van der Waals surface area contributed by atoms with Gasteiger partial charge in [-0.05, 0) is 53.6 Å². The van der Waals surface area contributed by atoms with Crippen LogP contribution in [-0.2, 0) is 16.8 Å². The van der Waals surface area contributed by atoms with E-state index in [0.29, 0.717) is 12.2 Å².